The first-order valence-electron chi connectivity index (χ1n) is 10.8. The van der Waals surface area contributed by atoms with E-state index in [4.69, 9.17) is 37.4 Å². The van der Waals surface area contributed by atoms with E-state index in [0.29, 0.717) is 33.7 Å². The van der Waals surface area contributed by atoms with Gasteiger partial charge in [0.1, 0.15) is 16.7 Å². The van der Waals surface area contributed by atoms with Crippen LogP contribution >= 0.6 is 23.2 Å². The van der Waals surface area contributed by atoms with Crippen molar-refractivity contribution in [2.45, 2.75) is 0 Å². The maximum absolute atomic E-state index is 12.6. The van der Waals surface area contributed by atoms with Gasteiger partial charge in [-0.25, -0.2) is 4.98 Å². The molecule has 1 N–H and O–H groups in total. The number of benzene rings is 3. The van der Waals surface area contributed by atoms with Crippen molar-refractivity contribution in [3.05, 3.63) is 88.8 Å². The standard InChI is InChI=1S/C27H19Cl2N3O4/c1-34-24-12-20-22(13-25(24)35-2)30-8-7-23(20)36-19-6-4-15-9-18(5-3-16(15)10-19)32-27(33)21-11-17(28)14-31-26(21)29/h3-14H,1-2H3,(H,32,33). The van der Waals surface area contributed by atoms with Crippen molar-refractivity contribution in [1.29, 1.82) is 0 Å². The summed E-state index contributed by atoms with van der Waals surface area (Å²) in [5.74, 6) is 2.07. The first-order chi connectivity index (χ1) is 17.4. The number of ether oxygens (including phenoxy) is 3. The van der Waals surface area contributed by atoms with E-state index in [1.807, 2.05) is 42.5 Å². The van der Waals surface area contributed by atoms with Gasteiger partial charge in [-0.15, -0.1) is 0 Å². The largest absolute Gasteiger partial charge is 0.493 e. The van der Waals surface area contributed by atoms with Crippen LogP contribution in [0.5, 0.6) is 23.0 Å². The Bertz CT molecular complexity index is 1620. The normalized spacial score (nSPS) is 10.9. The van der Waals surface area contributed by atoms with Crippen LogP contribution < -0.4 is 19.5 Å². The van der Waals surface area contributed by atoms with Crippen LogP contribution in [-0.4, -0.2) is 30.1 Å². The summed E-state index contributed by atoms with van der Waals surface area (Å²) in [6.07, 6.45) is 3.07. The highest BCUT2D eigenvalue weighted by Gasteiger charge is 2.14. The van der Waals surface area contributed by atoms with E-state index < -0.39 is 5.91 Å². The summed E-state index contributed by atoms with van der Waals surface area (Å²) in [6, 6.07) is 18.2. The number of amides is 1. The maximum atomic E-state index is 12.6. The minimum Gasteiger partial charge on any atom is -0.493 e. The van der Waals surface area contributed by atoms with Gasteiger partial charge in [-0.3, -0.25) is 9.78 Å². The zero-order valence-corrected chi connectivity index (χ0v) is 20.7. The highest BCUT2D eigenvalue weighted by atomic mass is 35.5. The zero-order valence-electron chi connectivity index (χ0n) is 19.2. The molecule has 180 valence electrons. The Labute approximate surface area is 216 Å². The van der Waals surface area contributed by atoms with E-state index in [-0.39, 0.29) is 10.7 Å². The lowest BCUT2D eigenvalue weighted by Gasteiger charge is -2.13. The highest BCUT2D eigenvalue weighted by Crippen LogP contribution is 2.37. The third-order valence-electron chi connectivity index (χ3n) is 5.55. The van der Waals surface area contributed by atoms with Crippen LogP contribution in [0.3, 0.4) is 0 Å². The molecule has 0 aliphatic rings. The molecular formula is C27H19Cl2N3O4. The number of carbonyl (C=O) groups is 1. The Hall–Kier alpha value is -4.07. The summed E-state index contributed by atoms with van der Waals surface area (Å²) in [7, 11) is 3.17. The van der Waals surface area contributed by atoms with Crippen molar-refractivity contribution in [2.75, 3.05) is 19.5 Å². The molecular weight excluding hydrogens is 501 g/mol. The summed E-state index contributed by atoms with van der Waals surface area (Å²) in [6.45, 7) is 0. The first kappa shape index (κ1) is 23.7. The Balaban J connectivity index is 1.41. The molecule has 0 saturated heterocycles. The fourth-order valence-electron chi connectivity index (χ4n) is 3.81. The molecule has 2 aromatic heterocycles. The Kier molecular flexibility index (Phi) is 6.50. The fraction of sp³-hybridized carbons (Fsp3) is 0.0741. The molecule has 9 heteroatoms. The molecule has 0 aliphatic heterocycles. The molecule has 0 saturated carbocycles. The van der Waals surface area contributed by atoms with Crippen molar-refractivity contribution in [3.8, 4) is 23.0 Å². The molecule has 0 atom stereocenters. The SMILES string of the molecule is COc1cc2nccc(Oc3ccc4cc(NC(=O)c5cc(Cl)cnc5Cl)ccc4c3)c2cc1OC. The van der Waals surface area contributed by atoms with Gasteiger partial charge in [0.25, 0.3) is 5.91 Å². The molecule has 0 radical (unpaired) electrons. The lowest BCUT2D eigenvalue weighted by atomic mass is 10.1. The Morgan fingerprint density at radius 2 is 1.58 bits per heavy atom. The number of nitrogens with zero attached hydrogens (tertiary/aromatic N) is 2. The van der Waals surface area contributed by atoms with Gasteiger partial charge >= 0.3 is 0 Å². The van der Waals surface area contributed by atoms with E-state index in [1.54, 1.807) is 32.5 Å². The van der Waals surface area contributed by atoms with Crippen molar-refractivity contribution in [2.24, 2.45) is 0 Å². The van der Waals surface area contributed by atoms with Crippen LogP contribution in [0.1, 0.15) is 10.4 Å². The minimum absolute atomic E-state index is 0.0826. The number of methoxy groups -OCH3 is 2. The second kappa shape index (κ2) is 9.89. The average Bonchev–Trinajstić information content (AvgIpc) is 2.89. The predicted octanol–water partition coefficient (Wildman–Crippen LogP) is 7.15. The third-order valence-corrected chi connectivity index (χ3v) is 6.06. The quantitative estimate of drug-likeness (QED) is 0.240. The molecule has 36 heavy (non-hydrogen) atoms. The Morgan fingerprint density at radius 3 is 2.39 bits per heavy atom. The minimum atomic E-state index is -0.397. The van der Waals surface area contributed by atoms with Crippen LogP contribution in [0.15, 0.2) is 73.1 Å². The summed E-state index contributed by atoms with van der Waals surface area (Å²) in [4.78, 5) is 21.0. The van der Waals surface area contributed by atoms with Gasteiger partial charge in [-0.2, -0.15) is 0 Å². The van der Waals surface area contributed by atoms with Crippen molar-refractivity contribution in [3.63, 3.8) is 0 Å². The zero-order chi connectivity index (χ0) is 25.2. The number of hydrogen-bond acceptors (Lipinski definition) is 6. The smallest absolute Gasteiger partial charge is 0.258 e. The number of carbonyl (C=O) groups excluding carboxylic acids is 1. The number of anilines is 1. The summed E-state index contributed by atoms with van der Waals surface area (Å²) in [5.41, 5.74) is 1.53. The van der Waals surface area contributed by atoms with Gasteiger partial charge in [0.05, 0.1) is 30.3 Å². The number of nitrogens with one attached hydrogen (secondary N) is 1. The second-order valence-corrected chi connectivity index (χ2v) is 8.60. The van der Waals surface area contributed by atoms with Gasteiger partial charge in [-0.1, -0.05) is 35.3 Å². The molecule has 0 fully saturated rings. The van der Waals surface area contributed by atoms with Gasteiger partial charge in [0.15, 0.2) is 11.5 Å². The molecule has 5 rings (SSSR count). The lowest BCUT2D eigenvalue weighted by Crippen LogP contribution is -2.13. The molecule has 0 bridgehead atoms. The van der Waals surface area contributed by atoms with Gasteiger partial charge < -0.3 is 19.5 Å². The van der Waals surface area contributed by atoms with Crippen LogP contribution in [0, 0.1) is 0 Å². The average molecular weight is 520 g/mol. The Morgan fingerprint density at radius 1 is 0.833 bits per heavy atom. The van der Waals surface area contributed by atoms with Crippen molar-refractivity contribution < 1.29 is 19.0 Å². The number of rotatable bonds is 6. The van der Waals surface area contributed by atoms with Gasteiger partial charge in [0.2, 0.25) is 0 Å². The first-order valence-corrected chi connectivity index (χ1v) is 11.6. The van der Waals surface area contributed by atoms with Crippen LogP contribution in [0.4, 0.5) is 5.69 Å². The number of pyridine rings is 2. The summed E-state index contributed by atoms with van der Waals surface area (Å²) in [5, 5.41) is 5.89. The number of fused-ring (bicyclic) bond motifs is 2. The summed E-state index contributed by atoms with van der Waals surface area (Å²) < 4.78 is 17.0. The molecule has 1 amide bonds. The van der Waals surface area contributed by atoms with Crippen LogP contribution in [0.25, 0.3) is 21.7 Å². The number of hydrogen-bond donors (Lipinski definition) is 1. The van der Waals surface area contributed by atoms with E-state index in [9.17, 15) is 4.79 Å². The van der Waals surface area contributed by atoms with Crippen LogP contribution in [-0.2, 0) is 0 Å². The highest BCUT2D eigenvalue weighted by molar-refractivity contribution is 6.35. The molecule has 0 spiro atoms. The molecule has 0 unspecified atom stereocenters. The molecule has 2 heterocycles. The molecule has 3 aromatic carbocycles. The van der Waals surface area contributed by atoms with Crippen molar-refractivity contribution in [1.82, 2.24) is 9.97 Å². The van der Waals surface area contributed by atoms with Crippen LogP contribution in [0.2, 0.25) is 10.2 Å². The number of halogens is 2. The van der Waals surface area contributed by atoms with Gasteiger partial charge in [0, 0.05) is 29.5 Å². The van der Waals surface area contributed by atoms with E-state index in [1.165, 1.54) is 12.3 Å². The summed E-state index contributed by atoms with van der Waals surface area (Å²) >= 11 is 12.0. The topological polar surface area (TPSA) is 82.6 Å². The molecule has 7 nitrogen and oxygen atoms in total. The fourth-order valence-corrected chi connectivity index (χ4v) is 4.16. The second-order valence-electron chi connectivity index (χ2n) is 7.81. The predicted molar refractivity (Wildman–Crippen MR) is 141 cm³/mol. The van der Waals surface area contributed by atoms with E-state index in [0.717, 1.165) is 21.7 Å². The van der Waals surface area contributed by atoms with Crippen molar-refractivity contribution >= 4 is 56.5 Å². The maximum Gasteiger partial charge on any atom is 0.258 e. The van der Waals surface area contributed by atoms with E-state index in [2.05, 4.69) is 15.3 Å². The number of aromatic nitrogens is 2. The van der Waals surface area contributed by atoms with Gasteiger partial charge in [-0.05, 0) is 53.2 Å². The lowest BCUT2D eigenvalue weighted by molar-refractivity contribution is 0.102. The molecule has 0 aliphatic carbocycles. The van der Waals surface area contributed by atoms with E-state index >= 15 is 0 Å². The molecule has 5 aromatic rings. The monoisotopic (exact) mass is 519 g/mol. The third kappa shape index (κ3) is 4.71.